The van der Waals surface area contributed by atoms with Gasteiger partial charge in [-0.2, -0.15) is 0 Å². The van der Waals surface area contributed by atoms with Crippen molar-refractivity contribution in [2.45, 2.75) is 26.3 Å². The quantitative estimate of drug-likeness (QED) is 0.807. The van der Waals surface area contributed by atoms with Gasteiger partial charge in [0.2, 0.25) is 0 Å². The van der Waals surface area contributed by atoms with E-state index in [9.17, 15) is 0 Å². The Morgan fingerprint density at radius 3 is 2.94 bits per heavy atom. The number of hydrogen-bond acceptors (Lipinski definition) is 3. The highest BCUT2D eigenvalue weighted by atomic mass is 16.5. The maximum atomic E-state index is 6.08. The van der Waals surface area contributed by atoms with Crippen molar-refractivity contribution in [3.63, 3.8) is 0 Å². The van der Waals surface area contributed by atoms with E-state index in [2.05, 4.69) is 0 Å². The molecule has 3 heteroatoms. The van der Waals surface area contributed by atoms with Gasteiger partial charge in [0.15, 0.2) is 0 Å². The Kier molecular flexibility index (Phi) is 3.82. The fraction of sp³-hybridized carbons (Fsp3) is 0.429. The van der Waals surface area contributed by atoms with Crippen molar-refractivity contribution in [1.29, 1.82) is 0 Å². The lowest BCUT2D eigenvalue weighted by Crippen LogP contribution is -2.12. The van der Waals surface area contributed by atoms with Crippen LogP contribution in [-0.4, -0.2) is 13.2 Å². The Bertz CT molecular complexity index is 490. The predicted octanol–water partition coefficient (Wildman–Crippen LogP) is 3.17. The number of rotatable bonds is 5. The first kappa shape index (κ1) is 12.1. The van der Waals surface area contributed by atoms with Crippen LogP contribution in [0.5, 0.6) is 0 Å². The van der Waals surface area contributed by atoms with E-state index < -0.39 is 0 Å². The molecule has 0 aliphatic rings. The summed E-state index contributed by atoms with van der Waals surface area (Å²) >= 11 is 0. The summed E-state index contributed by atoms with van der Waals surface area (Å²) in [7, 11) is 0. The topological polar surface area (TPSA) is 48.4 Å². The van der Waals surface area contributed by atoms with Crippen LogP contribution in [0, 0.1) is 6.92 Å². The minimum absolute atomic E-state index is 0.0895. The first-order valence-electron chi connectivity index (χ1n) is 6.04. The number of nitrogens with two attached hydrogens (primary N) is 1. The lowest BCUT2D eigenvalue weighted by molar-refractivity contribution is 0.138. The number of aryl methyl sites for hydroxylation is 1. The van der Waals surface area contributed by atoms with Crippen molar-refractivity contribution in [3.8, 4) is 0 Å². The summed E-state index contributed by atoms with van der Waals surface area (Å²) in [6, 6.07) is 8.06. The van der Waals surface area contributed by atoms with Crippen LogP contribution in [0.3, 0.4) is 0 Å². The van der Waals surface area contributed by atoms with E-state index in [1.807, 2.05) is 38.1 Å². The van der Waals surface area contributed by atoms with Crippen LogP contribution in [-0.2, 0) is 4.74 Å². The molecular weight excluding hydrogens is 214 g/mol. The average molecular weight is 233 g/mol. The standard InChI is InChI=1S/C14H19NO2/c1-3-16-8-7-12(15)13-9-11-6-4-5-10(2)14(11)17-13/h4-6,9,12H,3,7-8,15H2,1-2H3. The number of furan rings is 1. The highest BCUT2D eigenvalue weighted by Gasteiger charge is 2.12. The normalized spacial score (nSPS) is 13.1. The lowest BCUT2D eigenvalue weighted by Gasteiger charge is -2.07. The zero-order valence-corrected chi connectivity index (χ0v) is 10.4. The number of fused-ring (bicyclic) bond motifs is 1. The fourth-order valence-electron chi connectivity index (χ4n) is 1.91. The van der Waals surface area contributed by atoms with E-state index in [0.29, 0.717) is 6.61 Å². The molecule has 2 aromatic rings. The fourth-order valence-corrected chi connectivity index (χ4v) is 1.91. The maximum absolute atomic E-state index is 6.08. The van der Waals surface area contributed by atoms with Crippen molar-refractivity contribution >= 4 is 11.0 Å². The molecule has 0 spiro atoms. The zero-order chi connectivity index (χ0) is 12.3. The third-order valence-electron chi connectivity index (χ3n) is 2.90. The van der Waals surface area contributed by atoms with Crippen LogP contribution >= 0.6 is 0 Å². The van der Waals surface area contributed by atoms with Gasteiger partial charge >= 0.3 is 0 Å². The second-order valence-corrected chi connectivity index (χ2v) is 4.23. The number of benzene rings is 1. The molecule has 3 nitrogen and oxygen atoms in total. The Balaban J connectivity index is 2.16. The van der Waals surface area contributed by atoms with Gasteiger partial charge in [-0.3, -0.25) is 0 Å². The van der Waals surface area contributed by atoms with Crippen molar-refractivity contribution in [2.24, 2.45) is 5.73 Å². The van der Waals surface area contributed by atoms with Gasteiger partial charge in [-0.25, -0.2) is 0 Å². The van der Waals surface area contributed by atoms with Gasteiger partial charge < -0.3 is 14.9 Å². The van der Waals surface area contributed by atoms with Gasteiger partial charge in [0.1, 0.15) is 11.3 Å². The maximum Gasteiger partial charge on any atom is 0.137 e. The van der Waals surface area contributed by atoms with Crippen molar-refractivity contribution in [3.05, 3.63) is 35.6 Å². The molecular formula is C14H19NO2. The molecule has 1 heterocycles. The van der Waals surface area contributed by atoms with Crippen LogP contribution < -0.4 is 5.73 Å². The average Bonchev–Trinajstić information content (AvgIpc) is 2.75. The van der Waals surface area contributed by atoms with Gasteiger partial charge in [-0.15, -0.1) is 0 Å². The number of ether oxygens (including phenoxy) is 1. The summed E-state index contributed by atoms with van der Waals surface area (Å²) in [5.41, 5.74) is 8.16. The molecule has 2 N–H and O–H groups in total. The highest BCUT2D eigenvalue weighted by Crippen LogP contribution is 2.26. The lowest BCUT2D eigenvalue weighted by atomic mass is 10.1. The SMILES string of the molecule is CCOCCC(N)c1cc2cccc(C)c2o1. The van der Waals surface area contributed by atoms with E-state index >= 15 is 0 Å². The van der Waals surface area contributed by atoms with E-state index in [1.165, 1.54) is 0 Å². The minimum atomic E-state index is -0.0895. The third-order valence-corrected chi connectivity index (χ3v) is 2.90. The minimum Gasteiger partial charge on any atom is -0.459 e. The van der Waals surface area contributed by atoms with Crippen LogP contribution in [0.2, 0.25) is 0 Å². The molecule has 0 radical (unpaired) electrons. The van der Waals surface area contributed by atoms with Gasteiger partial charge in [0, 0.05) is 18.6 Å². The van der Waals surface area contributed by atoms with E-state index in [4.69, 9.17) is 14.9 Å². The smallest absolute Gasteiger partial charge is 0.137 e. The van der Waals surface area contributed by atoms with Gasteiger partial charge in [0.05, 0.1) is 6.04 Å². The molecule has 17 heavy (non-hydrogen) atoms. The molecule has 1 unspecified atom stereocenters. The first-order chi connectivity index (χ1) is 8.22. The summed E-state index contributed by atoms with van der Waals surface area (Å²) < 4.78 is 11.1. The second-order valence-electron chi connectivity index (χ2n) is 4.23. The molecule has 2 rings (SSSR count). The summed E-state index contributed by atoms with van der Waals surface area (Å²) in [5, 5.41) is 1.12. The van der Waals surface area contributed by atoms with E-state index in [-0.39, 0.29) is 6.04 Å². The third kappa shape index (κ3) is 2.68. The zero-order valence-electron chi connectivity index (χ0n) is 10.4. The molecule has 0 fully saturated rings. The molecule has 92 valence electrons. The van der Waals surface area contributed by atoms with Gasteiger partial charge in [-0.1, -0.05) is 18.2 Å². The summed E-state index contributed by atoms with van der Waals surface area (Å²) in [5.74, 6) is 0.842. The van der Waals surface area contributed by atoms with Crippen LogP contribution in [0.1, 0.15) is 30.7 Å². The first-order valence-corrected chi connectivity index (χ1v) is 6.04. The Morgan fingerprint density at radius 2 is 2.24 bits per heavy atom. The van der Waals surface area contributed by atoms with Crippen LogP contribution in [0.25, 0.3) is 11.0 Å². The number of para-hydroxylation sites is 1. The summed E-state index contributed by atoms with van der Waals surface area (Å²) in [4.78, 5) is 0. The Hall–Kier alpha value is -1.32. The molecule has 0 aliphatic heterocycles. The molecule has 0 aliphatic carbocycles. The monoisotopic (exact) mass is 233 g/mol. The Morgan fingerprint density at radius 1 is 1.41 bits per heavy atom. The van der Waals surface area contributed by atoms with Gasteiger partial charge in [-0.05, 0) is 31.9 Å². The molecule has 0 amide bonds. The molecule has 0 saturated carbocycles. The molecule has 1 atom stereocenters. The molecule has 0 bridgehead atoms. The summed E-state index contributed by atoms with van der Waals surface area (Å²) in [6.07, 6.45) is 0.784. The van der Waals surface area contributed by atoms with Crippen LogP contribution in [0.15, 0.2) is 28.7 Å². The highest BCUT2D eigenvalue weighted by molar-refractivity contribution is 5.80. The summed E-state index contributed by atoms with van der Waals surface area (Å²) in [6.45, 7) is 5.43. The van der Waals surface area contributed by atoms with Crippen molar-refractivity contribution in [1.82, 2.24) is 0 Å². The Labute approximate surface area is 102 Å². The van der Waals surface area contributed by atoms with Gasteiger partial charge in [0.25, 0.3) is 0 Å². The molecule has 1 aromatic carbocycles. The largest absolute Gasteiger partial charge is 0.459 e. The predicted molar refractivity (Wildman–Crippen MR) is 69.0 cm³/mol. The van der Waals surface area contributed by atoms with E-state index in [0.717, 1.165) is 35.3 Å². The molecule has 1 aromatic heterocycles. The number of hydrogen-bond donors (Lipinski definition) is 1. The van der Waals surface area contributed by atoms with Crippen LogP contribution in [0.4, 0.5) is 0 Å². The van der Waals surface area contributed by atoms with E-state index in [1.54, 1.807) is 0 Å². The molecule has 0 saturated heterocycles. The van der Waals surface area contributed by atoms with Crippen molar-refractivity contribution < 1.29 is 9.15 Å². The van der Waals surface area contributed by atoms with Crippen molar-refractivity contribution in [2.75, 3.05) is 13.2 Å². The second kappa shape index (κ2) is 5.34.